The summed E-state index contributed by atoms with van der Waals surface area (Å²) >= 11 is 0. The van der Waals surface area contributed by atoms with Crippen LogP contribution in [0.4, 0.5) is 17.1 Å². The Labute approximate surface area is 119 Å². The number of hydrogen-bond acceptors (Lipinski definition) is 4. The number of nitrogens with zero attached hydrogens (tertiary/aromatic N) is 1. The van der Waals surface area contributed by atoms with Crippen molar-refractivity contribution < 1.29 is 4.92 Å². The first-order chi connectivity index (χ1) is 9.51. The largest absolute Gasteiger partial charge is 0.385 e. The Morgan fingerprint density at radius 3 is 2.50 bits per heavy atom. The molecule has 5 nitrogen and oxygen atoms in total. The quantitative estimate of drug-likeness (QED) is 0.633. The molecule has 3 atom stereocenters. The molecule has 1 fully saturated rings. The molecule has 1 aromatic rings. The molecule has 1 aliphatic rings. The Bertz CT molecular complexity index is 490. The van der Waals surface area contributed by atoms with Crippen molar-refractivity contribution in [2.24, 2.45) is 11.8 Å². The predicted octanol–water partition coefficient (Wildman–Crippen LogP) is 3.87. The molecule has 0 aliphatic heterocycles. The maximum Gasteiger partial charge on any atom is 0.273 e. The van der Waals surface area contributed by atoms with E-state index in [4.69, 9.17) is 0 Å². The van der Waals surface area contributed by atoms with Gasteiger partial charge in [0.1, 0.15) is 0 Å². The zero-order chi connectivity index (χ0) is 14.7. The van der Waals surface area contributed by atoms with Gasteiger partial charge in [-0.15, -0.1) is 0 Å². The van der Waals surface area contributed by atoms with Crippen molar-refractivity contribution in [3.8, 4) is 0 Å². The van der Waals surface area contributed by atoms with Gasteiger partial charge in [-0.25, -0.2) is 0 Å². The molecule has 0 aromatic heterocycles. The van der Waals surface area contributed by atoms with Crippen molar-refractivity contribution in [3.63, 3.8) is 0 Å². The number of nitro groups is 1. The highest BCUT2D eigenvalue weighted by Gasteiger charge is 2.29. The molecular formula is C15H23N3O2. The van der Waals surface area contributed by atoms with Crippen LogP contribution in [0.1, 0.15) is 33.6 Å². The normalized spacial score (nSPS) is 25.4. The smallest absolute Gasteiger partial charge is 0.273 e. The Hall–Kier alpha value is -1.78. The zero-order valence-electron chi connectivity index (χ0n) is 12.3. The SMILES string of the molecule is CCNc1cc(NC2CCC(C)C2C)cc([N+](=O)[O-])c1. The summed E-state index contributed by atoms with van der Waals surface area (Å²) in [5.41, 5.74) is 1.76. The van der Waals surface area contributed by atoms with Crippen molar-refractivity contribution >= 4 is 17.1 Å². The maximum atomic E-state index is 11.0. The van der Waals surface area contributed by atoms with E-state index in [1.54, 1.807) is 12.1 Å². The monoisotopic (exact) mass is 277 g/mol. The minimum absolute atomic E-state index is 0.129. The summed E-state index contributed by atoms with van der Waals surface area (Å²) in [5.74, 6) is 1.30. The average Bonchev–Trinajstić information content (AvgIpc) is 2.71. The van der Waals surface area contributed by atoms with E-state index < -0.39 is 0 Å². The topological polar surface area (TPSA) is 67.2 Å². The van der Waals surface area contributed by atoms with E-state index in [0.29, 0.717) is 17.9 Å². The van der Waals surface area contributed by atoms with Crippen LogP contribution >= 0.6 is 0 Å². The van der Waals surface area contributed by atoms with Crippen LogP contribution in [0.5, 0.6) is 0 Å². The first kappa shape index (κ1) is 14.6. The van der Waals surface area contributed by atoms with Gasteiger partial charge in [0.15, 0.2) is 0 Å². The second-order valence-electron chi connectivity index (χ2n) is 5.72. The van der Waals surface area contributed by atoms with Crippen molar-refractivity contribution in [2.45, 2.75) is 39.7 Å². The molecule has 2 N–H and O–H groups in total. The summed E-state index contributed by atoms with van der Waals surface area (Å²) in [4.78, 5) is 10.7. The van der Waals surface area contributed by atoms with Gasteiger partial charge in [0.05, 0.1) is 4.92 Å². The van der Waals surface area contributed by atoms with E-state index in [1.807, 2.05) is 13.0 Å². The summed E-state index contributed by atoms with van der Waals surface area (Å²) in [6, 6.07) is 5.56. The molecule has 0 saturated heterocycles. The van der Waals surface area contributed by atoms with E-state index in [1.165, 1.54) is 6.42 Å². The lowest BCUT2D eigenvalue weighted by atomic mass is 9.97. The van der Waals surface area contributed by atoms with Gasteiger partial charge in [0.2, 0.25) is 0 Å². The third-order valence-electron chi connectivity index (χ3n) is 4.33. The molecule has 0 heterocycles. The molecule has 0 bridgehead atoms. The second-order valence-corrected chi connectivity index (χ2v) is 5.72. The molecule has 20 heavy (non-hydrogen) atoms. The fraction of sp³-hybridized carbons (Fsp3) is 0.600. The van der Waals surface area contributed by atoms with Gasteiger partial charge in [-0.3, -0.25) is 10.1 Å². The Morgan fingerprint density at radius 2 is 1.95 bits per heavy atom. The molecule has 5 heteroatoms. The van der Waals surface area contributed by atoms with E-state index >= 15 is 0 Å². The number of benzene rings is 1. The fourth-order valence-electron chi connectivity index (χ4n) is 2.89. The van der Waals surface area contributed by atoms with Crippen LogP contribution in [0.3, 0.4) is 0 Å². The summed E-state index contributed by atoms with van der Waals surface area (Å²) in [6.07, 6.45) is 2.34. The summed E-state index contributed by atoms with van der Waals surface area (Å²) in [7, 11) is 0. The zero-order valence-corrected chi connectivity index (χ0v) is 12.3. The second kappa shape index (κ2) is 6.11. The van der Waals surface area contributed by atoms with Crippen LogP contribution in [0, 0.1) is 22.0 Å². The molecule has 110 valence electrons. The highest BCUT2D eigenvalue weighted by molar-refractivity contribution is 5.63. The van der Waals surface area contributed by atoms with E-state index in [2.05, 4.69) is 24.5 Å². The van der Waals surface area contributed by atoms with Gasteiger partial charge in [0, 0.05) is 36.1 Å². The molecular weight excluding hydrogens is 254 g/mol. The lowest BCUT2D eigenvalue weighted by Gasteiger charge is -2.21. The third-order valence-corrected chi connectivity index (χ3v) is 4.33. The summed E-state index contributed by atoms with van der Waals surface area (Å²) in [5, 5.41) is 17.6. The van der Waals surface area contributed by atoms with E-state index in [-0.39, 0.29) is 10.6 Å². The van der Waals surface area contributed by atoms with E-state index in [9.17, 15) is 10.1 Å². The predicted molar refractivity (Wildman–Crippen MR) is 82.2 cm³/mol. The van der Waals surface area contributed by atoms with Crippen molar-refractivity contribution in [1.82, 2.24) is 0 Å². The molecule has 0 spiro atoms. The number of non-ortho nitro benzene ring substituents is 1. The first-order valence-corrected chi connectivity index (χ1v) is 7.31. The number of hydrogen-bond donors (Lipinski definition) is 2. The van der Waals surface area contributed by atoms with Gasteiger partial charge in [0.25, 0.3) is 5.69 Å². The lowest BCUT2D eigenvalue weighted by molar-refractivity contribution is -0.384. The van der Waals surface area contributed by atoms with Crippen molar-refractivity contribution in [1.29, 1.82) is 0 Å². The Kier molecular flexibility index (Phi) is 4.47. The molecule has 3 unspecified atom stereocenters. The van der Waals surface area contributed by atoms with Crippen LogP contribution in [-0.2, 0) is 0 Å². The molecule has 1 aromatic carbocycles. The molecule has 0 radical (unpaired) electrons. The van der Waals surface area contributed by atoms with Crippen LogP contribution < -0.4 is 10.6 Å². The van der Waals surface area contributed by atoms with Crippen LogP contribution in [0.25, 0.3) is 0 Å². The van der Waals surface area contributed by atoms with Gasteiger partial charge < -0.3 is 10.6 Å². The molecule has 2 rings (SSSR count). The Morgan fingerprint density at radius 1 is 1.25 bits per heavy atom. The minimum Gasteiger partial charge on any atom is -0.385 e. The number of anilines is 2. The van der Waals surface area contributed by atoms with Gasteiger partial charge in [-0.1, -0.05) is 13.8 Å². The standard InChI is InChI=1S/C15H23N3O2/c1-4-16-12-7-13(9-14(8-12)18(19)20)17-15-6-5-10(2)11(15)3/h7-11,15-17H,4-6H2,1-3H3. The Balaban J connectivity index is 2.20. The highest BCUT2D eigenvalue weighted by Crippen LogP contribution is 2.34. The average molecular weight is 277 g/mol. The van der Waals surface area contributed by atoms with Gasteiger partial charge in [-0.2, -0.15) is 0 Å². The third kappa shape index (κ3) is 3.21. The van der Waals surface area contributed by atoms with Crippen LogP contribution in [0.15, 0.2) is 18.2 Å². The van der Waals surface area contributed by atoms with Crippen molar-refractivity contribution in [2.75, 3.05) is 17.2 Å². The maximum absolute atomic E-state index is 11.0. The number of nitrogens with one attached hydrogen (secondary N) is 2. The summed E-state index contributed by atoms with van der Waals surface area (Å²) < 4.78 is 0. The summed E-state index contributed by atoms with van der Waals surface area (Å²) in [6.45, 7) is 7.24. The first-order valence-electron chi connectivity index (χ1n) is 7.31. The van der Waals surface area contributed by atoms with Crippen LogP contribution in [-0.4, -0.2) is 17.5 Å². The molecule has 0 amide bonds. The highest BCUT2D eigenvalue weighted by atomic mass is 16.6. The van der Waals surface area contributed by atoms with Crippen molar-refractivity contribution in [3.05, 3.63) is 28.3 Å². The lowest BCUT2D eigenvalue weighted by Crippen LogP contribution is -2.24. The van der Waals surface area contributed by atoms with E-state index in [0.717, 1.165) is 24.3 Å². The van der Waals surface area contributed by atoms with Gasteiger partial charge in [-0.05, 0) is 37.7 Å². The minimum atomic E-state index is -0.341. The number of rotatable bonds is 5. The fourth-order valence-corrected chi connectivity index (χ4v) is 2.89. The molecule has 1 saturated carbocycles. The number of nitro benzene ring substituents is 1. The van der Waals surface area contributed by atoms with Crippen LogP contribution in [0.2, 0.25) is 0 Å². The molecule has 1 aliphatic carbocycles. The van der Waals surface area contributed by atoms with Gasteiger partial charge >= 0.3 is 0 Å².